The number of rotatable bonds is 7. The summed E-state index contributed by atoms with van der Waals surface area (Å²) in [5.74, 6) is -1.12. The maximum absolute atomic E-state index is 12.7. The summed E-state index contributed by atoms with van der Waals surface area (Å²) in [4.78, 5) is 2.44. The van der Waals surface area contributed by atoms with Crippen LogP contribution in [0.15, 0.2) is 74.5 Å². The number of anilines is 1. The Morgan fingerprint density at radius 2 is 1.62 bits per heavy atom. The second-order valence-corrected chi connectivity index (χ2v) is 10.9. The van der Waals surface area contributed by atoms with Crippen LogP contribution in [0.1, 0.15) is 37.5 Å². The van der Waals surface area contributed by atoms with Gasteiger partial charge in [0, 0.05) is 24.3 Å². The second kappa shape index (κ2) is 12.1. The van der Waals surface area contributed by atoms with Crippen LogP contribution >= 0.6 is 0 Å². The molecule has 0 fully saturated rings. The Labute approximate surface area is 239 Å². The molecule has 1 aliphatic rings. The van der Waals surface area contributed by atoms with E-state index in [0.717, 1.165) is 28.6 Å². The molecule has 0 saturated carbocycles. The molecule has 37 heavy (non-hydrogen) atoms. The molecule has 0 heterocycles. The number of hydrogen-bond donors (Lipinski definition) is 3. The third kappa shape index (κ3) is 6.99. The van der Waals surface area contributed by atoms with Crippen LogP contribution < -0.4 is 40.0 Å². The fourth-order valence-electron chi connectivity index (χ4n) is 4.00. The van der Waals surface area contributed by atoms with Crippen molar-refractivity contribution in [2.45, 2.75) is 37.5 Å². The van der Waals surface area contributed by atoms with Gasteiger partial charge in [0.15, 0.2) is 0 Å². The maximum Gasteiger partial charge on any atom is 1.00 e. The van der Waals surface area contributed by atoms with Crippen LogP contribution in [0.25, 0.3) is 5.57 Å². The zero-order valence-electron chi connectivity index (χ0n) is 21.2. The van der Waals surface area contributed by atoms with Crippen LogP contribution in [0.5, 0.6) is 5.75 Å². The van der Waals surface area contributed by atoms with E-state index >= 15 is 0 Å². The van der Waals surface area contributed by atoms with Gasteiger partial charge in [0.1, 0.15) is 4.90 Å². The van der Waals surface area contributed by atoms with E-state index in [-0.39, 0.29) is 40.7 Å². The van der Waals surface area contributed by atoms with Gasteiger partial charge < -0.3 is 10.4 Å². The molecule has 12 heteroatoms. The molecule has 3 N–H and O–H groups in total. The molecular formula is C25H27N2NaO7S2. The minimum atomic E-state index is -5.04. The number of nitrogens with one attached hydrogen (secondary N) is 1. The van der Waals surface area contributed by atoms with E-state index in [1.807, 2.05) is 27.7 Å². The fraction of sp³-hybridized carbons (Fsp3) is 0.240. The quantitative estimate of drug-likeness (QED) is 0.335. The van der Waals surface area contributed by atoms with Crippen molar-refractivity contribution in [2.75, 3.05) is 18.4 Å². The molecule has 2 aromatic rings. The molecule has 0 amide bonds. The Bertz CT molecular complexity index is 1560. The van der Waals surface area contributed by atoms with Crippen molar-refractivity contribution in [1.29, 1.82) is 0 Å². The van der Waals surface area contributed by atoms with Gasteiger partial charge in [-0.05, 0) is 85.9 Å². The van der Waals surface area contributed by atoms with Gasteiger partial charge >= 0.3 is 29.6 Å². The first-order chi connectivity index (χ1) is 16.8. The molecule has 0 atom stereocenters. The average molecular weight is 555 g/mol. The fourth-order valence-corrected chi connectivity index (χ4v) is 5.36. The van der Waals surface area contributed by atoms with E-state index in [2.05, 4.69) is 10.3 Å². The minimum absolute atomic E-state index is 0. The van der Waals surface area contributed by atoms with Crippen LogP contribution in [0, 0.1) is 6.92 Å². The van der Waals surface area contributed by atoms with E-state index in [1.54, 1.807) is 36.4 Å². The van der Waals surface area contributed by atoms with Gasteiger partial charge in [-0.2, -0.15) is 16.8 Å². The second-order valence-electron chi connectivity index (χ2n) is 8.16. The normalized spacial score (nSPS) is 16.3. The van der Waals surface area contributed by atoms with Crippen molar-refractivity contribution in [3.8, 4) is 5.75 Å². The van der Waals surface area contributed by atoms with Crippen molar-refractivity contribution in [3.63, 3.8) is 0 Å². The molecule has 0 saturated heterocycles. The van der Waals surface area contributed by atoms with Gasteiger partial charge in [-0.25, -0.2) is 0 Å². The van der Waals surface area contributed by atoms with Crippen molar-refractivity contribution < 1.29 is 60.6 Å². The Morgan fingerprint density at radius 3 is 2.14 bits per heavy atom. The molecular weight excluding hydrogens is 527 g/mol. The Hall–Kier alpha value is -2.25. The molecule has 3 rings (SSSR count). The standard InChI is InChI=1S/C25H28N2O7S2.Na/c1-5-26-20-9-7-17(11-15(20)3)25(18-8-10-21(27-6-2)16(4)12-18)19-13-22(28)24(36(32,33)34)14-23(19)35(29,30)31;/h7-14,26,28H,5-6H2,1-4H3,(H,29,30,31)(H,32,33,34);/q;+1/p-1/b25-18-,27-21?;. The molecule has 2 aromatic carbocycles. The van der Waals surface area contributed by atoms with Gasteiger partial charge in [0.2, 0.25) is 0 Å². The molecule has 1 aliphatic carbocycles. The van der Waals surface area contributed by atoms with Gasteiger partial charge in [-0.3, -0.25) is 14.1 Å². The number of aryl methyl sites for hydroxylation is 1. The molecule has 9 nitrogen and oxygen atoms in total. The molecule has 192 valence electrons. The van der Waals surface area contributed by atoms with E-state index in [0.29, 0.717) is 30.3 Å². The van der Waals surface area contributed by atoms with Crippen LogP contribution in [-0.4, -0.2) is 44.7 Å². The smallest absolute Gasteiger partial charge is 0.872 e. The molecule has 0 aromatic heterocycles. The van der Waals surface area contributed by atoms with Crippen molar-refractivity contribution >= 4 is 37.2 Å². The minimum Gasteiger partial charge on any atom is -0.872 e. The summed E-state index contributed by atoms with van der Waals surface area (Å²) < 4.78 is 67.5. The van der Waals surface area contributed by atoms with Crippen molar-refractivity contribution in [2.24, 2.45) is 4.99 Å². The number of benzene rings is 2. The number of nitrogens with zero attached hydrogens (tertiary/aromatic N) is 1. The maximum atomic E-state index is 12.7. The molecule has 0 unspecified atom stereocenters. The third-order valence-corrected chi connectivity index (χ3v) is 7.34. The topological polar surface area (TPSA) is 156 Å². The third-order valence-electron chi connectivity index (χ3n) is 5.57. The predicted molar refractivity (Wildman–Crippen MR) is 138 cm³/mol. The largest absolute Gasteiger partial charge is 1.00 e. The van der Waals surface area contributed by atoms with Crippen LogP contribution in [-0.2, 0) is 20.2 Å². The monoisotopic (exact) mass is 554 g/mol. The molecule has 0 radical (unpaired) electrons. The Balaban J connectivity index is 0.00000481. The molecule has 0 aliphatic heterocycles. The number of allylic oxidation sites excluding steroid dienone is 5. The van der Waals surface area contributed by atoms with Gasteiger partial charge in [0.25, 0.3) is 20.2 Å². The first-order valence-corrected chi connectivity index (χ1v) is 14.0. The van der Waals surface area contributed by atoms with Gasteiger partial charge in [-0.15, -0.1) is 0 Å². The molecule has 0 spiro atoms. The van der Waals surface area contributed by atoms with Gasteiger partial charge in [-0.1, -0.05) is 24.0 Å². The predicted octanol–water partition coefficient (Wildman–Crippen LogP) is 0.777. The SMILES string of the molecule is CCN=C1C=C/C(=C(\c2ccc(NCC)c(C)c2)c2cc([O-])c(S(=O)(=O)O)cc2S(=O)(=O)O)C=C1C.[Na+]. The summed E-state index contributed by atoms with van der Waals surface area (Å²) in [6, 6.07) is 6.61. The first-order valence-electron chi connectivity index (χ1n) is 11.1. The summed E-state index contributed by atoms with van der Waals surface area (Å²) in [5, 5.41) is 15.9. The summed E-state index contributed by atoms with van der Waals surface area (Å²) in [6.45, 7) is 8.77. The van der Waals surface area contributed by atoms with E-state index in [4.69, 9.17) is 0 Å². The Kier molecular flexibility index (Phi) is 10.1. The average Bonchev–Trinajstić information content (AvgIpc) is 2.76. The summed E-state index contributed by atoms with van der Waals surface area (Å²) in [6.07, 6.45) is 5.23. The first kappa shape index (κ1) is 31.0. The van der Waals surface area contributed by atoms with E-state index in [1.165, 1.54) is 0 Å². The van der Waals surface area contributed by atoms with Crippen LogP contribution in [0.4, 0.5) is 5.69 Å². The van der Waals surface area contributed by atoms with Crippen LogP contribution in [0.3, 0.4) is 0 Å². The molecule has 0 bridgehead atoms. The Morgan fingerprint density at radius 1 is 0.973 bits per heavy atom. The van der Waals surface area contributed by atoms with Crippen molar-refractivity contribution in [3.05, 3.63) is 76.4 Å². The zero-order valence-corrected chi connectivity index (χ0v) is 24.9. The number of hydrogen-bond acceptors (Lipinski definition) is 7. The van der Waals surface area contributed by atoms with Crippen LogP contribution in [0.2, 0.25) is 0 Å². The number of aliphatic imine (C=N–C) groups is 1. The van der Waals surface area contributed by atoms with Gasteiger partial charge in [0.05, 0.1) is 10.6 Å². The van der Waals surface area contributed by atoms with Crippen molar-refractivity contribution in [1.82, 2.24) is 0 Å². The summed E-state index contributed by atoms with van der Waals surface area (Å²) >= 11 is 0. The zero-order chi connectivity index (χ0) is 26.8. The summed E-state index contributed by atoms with van der Waals surface area (Å²) in [7, 11) is -10.1. The van der Waals surface area contributed by atoms with E-state index in [9.17, 15) is 31.0 Å². The van der Waals surface area contributed by atoms with E-state index < -0.39 is 35.8 Å². The summed E-state index contributed by atoms with van der Waals surface area (Å²) in [5.41, 5.74) is 4.34.